The van der Waals surface area contributed by atoms with E-state index in [4.69, 9.17) is 0 Å². The Bertz CT molecular complexity index is 235. The lowest BCUT2D eigenvalue weighted by atomic mass is 10.1. The van der Waals surface area contributed by atoms with Crippen LogP contribution in [0.3, 0.4) is 0 Å². The number of thiol groups is 3. The van der Waals surface area contributed by atoms with Crippen molar-refractivity contribution < 1.29 is 13.2 Å². The van der Waals surface area contributed by atoms with Crippen molar-refractivity contribution in [1.29, 1.82) is 0 Å². The van der Waals surface area contributed by atoms with Crippen molar-refractivity contribution >= 4 is 32.5 Å². The minimum Gasteiger partial charge on any atom is -0.287 e. The number of hydrogen-bond donors (Lipinski definition) is 3. The Morgan fingerprint density at radius 1 is 1.25 bits per heavy atom. The van der Waals surface area contributed by atoms with Gasteiger partial charge in [-0.1, -0.05) is 0 Å². The molecule has 0 saturated carbocycles. The van der Waals surface area contributed by atoms with Crippen molar-refractivity contribution in [3.05, 3.63) is 0 Å². The highest BCUT2D eigenvalue weighted by Crippen LogP contribution is 2.42. The fourth-order valence-corrected chi connectivity index (χ4v) is 3.40. The van der Waals surface area contributed by atoms with Gasteiger partial charge in [0.05, 0.1) is 0 Å². The van der Waals surface area contributed by atoms with E-state index in [1.165, 1.54) is 4.90 Å². The van der Waals surface area contributed by atoms with E-state index < -0.39 is 21.4 Å². The van der Waals surface area contributed by atoms with Gasteiger partial charge in [0, 0.05) is 25.7 Å². The first kappa shape index (κ1) is 14.8. The predicted octanol–water partition coefficient (Wildman–Crippen LogP) is 2.55. The van der Waals surface area contributed by atoms with Crippen LogP contribution in [-0.2, 0) is 0 Å². The molecule has 0 amide bonds. The molecule has 2 nitrogen and oxygen atoms in total. The number of rotatable bonds is 2. The van der Waals surface area contributed by atoms with Crippen LogP contribution < -0.4 is 0 Å². The summed E-state index contributed by atoms with van der Waals surface area (Å²) in [7, 11) is -1.04. The van der Waals surface area contributed by atoms with E-state index in [1.54, 1.807) is 18.2 Å². The highest BCUT2D eigenvalue weighted by molar-refractivity contribution is 9.08. The number of halogens is 3. The van der Waals surface area contributed by atoms with Gasteiger partial charge in [-0.15, -0.1) is 32.5 Å². The molecule has 1 aliphatic rings. The summed E-state index contributed by atoms with van der Waals surface area (Å²) in [6.45, 7) is 4.57. The van der Waals surface area contributed by atoms with Gasteiger partial charge in [0.1, 0.15) is 6.04 Å². The molecule has 1 unspecified atom stereocenters. The molecule has 1 fully saturated rings. The minimum atomic E-state index is -4.18. The van der Waals surface area contributed by atoms with Gasteiger partial charge < -0.3 is 0 Å². The first-order valence-corrected chi connectivity index (χ1v) is 8.58. The molecule has 0 radical (unpaired) electrons. The first-order chi connectivity index (χ1) is 7.23. The largest absolute Gasteiger partial charge is 0.405 e. The second kappa shape index (κ2) is 5.60. The highest BCUT2D eigenvalue weighted by Gasteiger charge is 2.47. The average Bonchev–Trinajstić information content (AvgIpc) is 2.15. The van der Waals surface area contributed by atoms with Crippen molar-refractivity contribution in [2.75, 3.05) is 19.6 Å². The second-order valence-corrected chi connectivity index (χ2v) is 8.39. The van der Waals surface area contributed by atoms with Crippen molar-refractivity contribution in [2.24, 2.45) is 0 Å². The highest BCUT2D eigenvalue weighted by atomic mass is 33.5. The summed E-state index contributed by atoms with van der Waals surface area (Å²) >= 11 is 8.26. The third kappa shape index (κ3) is 3.63. The van der Waals surface area contributed by atoms with Gasteiger partial charge in [-0.25, -0.2) is 0 Å². The van der Waals surface area contributed by atoms with Crippen LogP contribution in [0.25, 0.3) is 0 Å². The maximum atomic E-state index is 12.9. The van der Waals surface area contributed by atoms with Gasteiger partial charge in [-0.3, -0.25) is 9.21 Å². The summed E-state index contributed by atoms with van der Waals surface area (Å²) in [5.41, 5.74) is 0. The summed E-state index contributed by atoms with van der Waals surface area (Å²) in [4.78, 5) is 1.50. The van der Waals surface area contributed by atoms with E-state index in [2.05, 4.69) is 23.3 Å². The zero-order chi connectivity index (χ0) is 12.5. The Morgan fingerprint density at radius 2 is 1.81 bits per heavy atom. The fraction of sp³-hybridized carbons (Fsp3) is 1.00. The van der Waals surface area contributed by atoms with Gasteiger partial charge >= 0.3 is 6.18 Å². The lowest BCUT2D eigenvalue weighted by molar-refractivity contribution is -0.196. The zero-order valence-electron chi connectivity index (χ0n) is 9.15. The summed E-state index contributed by atoms with van der Waals surface area (Å²) in [6, 6.07) is -1.50. The van der Waals surface area contributed by atoms with Crippen LogP contribution in [0, 0.1) is 0 Å². The number of hydrogen-bond acceptors (Lipinski definition) is 4. The topological polar surface area (TPSA) is 6.48 Å². The summed E-state index contributed by atoms with van der Waals surface area (Å²) in [5.74, 6) is 0. The van der Waals surface area contributed by atoms with E-state index in [-0.39, 0.29) is 12.6 Å². The van der Waals surface area contributed by atoms with Gasteiger partial charge in [-0.05, 0) is 13.8 Å². The fourth-order valence-electron chi connectivity index (χ4n) is 1.85. The molecule has 8 heteroatoms. The molecule has 1 heterocycles. The molecule has 16 heavy (non-hydrogen) atoms. The van der Waals surface area contributed by atoms with E-state index in [0.29, 0.717) is 13.1 Å². The maximum absolute atomic E-state index is 12.9. The second-order valence-electron chi connectivity index (χ2n) is 4.07. The van der Waals surface area contributed by atoms with Gasteiger partial charge in [-0.2, -0.15) is 13.2 Å². The third-order valence-corrected chi connectivity index (χ3v) is 5.08. The standard InChI is InChI=1S/C8H17F3N2S3/c1-6(2)13-4-3-12(16(14)15)5-7(13)8(9,10)11/h6-7,14-16H,3-5H2,1-2H3. The molecular formula is C8H17F3N2S3. The normalized spacial score (nSPS) is 26.2. The molecule has 1 aliphatic heterocycles. The molecule has 0 aromatic carbocycles. The van der Waals surface area contributed by atoms with Crippen LogP contribution in [0.2, 0.25) is 0 Å². The molecular weight excluding hydrogens is 277 g/mol. The van der Waals surface area contributed by atoms with E-state index in [1.807, 2.05) is 0 Å². The lowest BCUT2D eigenvalue weighted by Crippen LogP contribution is -2.59. The van der Waals surface area contributed by atoms with Crippen LogP contribution in [0.15, 0.2) is 0 Å². The third-order valence-electron chi connectivity index (χ3n) is 2.69. The smallest absolute Gasteiger partial charge is 0.287 e. The maximum Gasteiger partial charge on any atom is 0.405 e. The summed E-state index contributed by atoms with van der Waals surface area (Å²) < 4.78 is 40.3. The Labute approximate surface area is 107 Å². The van der Waals surface area contributed by atoms with E-state index in [0.717, 1.165) is 0 Å². The van der Waals surface area contributed by atoms with Crippen molar-refractivity contribution in [3.8, 4) is 0 Å². The summed E-state index contributed by atoms with van der Waals surface area (Å²) in [6.07, 6.45) is -4.18. The van der Waals surface area contributed by atoms with Crippen LogP contribution in [0.4, 0.5) is 13.2 Å². The van der Waals surface area contributed by atoms with Crippen molar-refractivity contribution in [3.63, 3.8) is 0 Å². The van der Waals surface area contributed by atoms with Crippen molar-refractivity contribution in [1.82, 2.24) is 9.21 Å². The minimum absolute atomic E-state index is 0.0274. The number of nitrogens with zero attached hydrogens (tertiary/aromatic N) is 2. The quantitative estimate of drug-likeness (QED) is 0.532. The average molecular weight is 294 g/mol. The SMILES string of the molecule is CC(C)N1CCN([SH](S)S)CC1C(F)(F)F. The molecule has 0 bridgehead atoms. The van der Waals surface area contributed by atoms with E-state index >= 15 is 0 Å². The molecule has 0 aliphatic carbocycles. The monoisotopic (exact) mass is 294 g/mol. The lowest BCUT2D eigenvalue weighted by Gasteiger charge is -2.45. The van der Waals surface area contributed by atoms with Gasteiger partial charge in [0.25, 0.3) is 0 Å². The summed E-state index contributed by atoms with van der Waals surface area (Å²) in [5, 5.41) is 0. The Morgan fingerprint density at radius 3 is 2.19 bits per heavy atom. The Balaban J connectivity index is 2.78. The van der Waals surface area contributed by atoms with Gasteiger partial charge in [0.15, 0.2) is 0 Å². The predicted molar refractivity (Wildman–Crippen MR) is 70.2 cm³/mol. The molecule has 1 saturated heterocycles. The molecule has 0 aromatic heterocycles. The van der Waals surface area contributed by atoms with Crippen LogP contribution in [-0.4, -0.2) is 47.1 Å². The van der Waals surface area contributed by atoms with Crippen LogP contribution in [0.1, 0.15) is 13.8 Å². The molecule has 98 valence electrons. The molecule has 0 spiro atoms. The van der Waals surface area contributed by atoms with Crippen LogP contribution in [0.5, 0.6) is 0 Å². The molecule has 0 N–H and O–H groups in total. The Kier molecular flexibility index (Phi) is 5.19. The Hall–Kier alpha value is 0.760. The first-order valence-electron chi connectivity index (χ1n) is 4.98. The van der Waals surface area contributed by atoms with Gasteiger partial charge in [0.2, 0.25) is 0 Å². The van der Waals surface area contributed by atoms with Crippen LogP contribution >= 0.6 is 32.5 Å². The zero-order valence-corrected chi connectivity index (χ0v) is 11.8. The van der Waals surface area contributed by atoms with Crippen molar-refractivity contribution in [2.45, 2.75) is 32.1 Å². The number of piperazine rings is 1. The molecule has 1 rings (SSSR count). The molecule has 1 atom stereocenters. The molecule has 0 aromatic rings. The van der Waals surface area contributed by atoms with E-state index in [9.17, 15) is 13.2 Å². The number of alkyl halides is 3.